The van der Waals surface area contributed by atoms with Gasteiger partial charge in [-0.1, -0.05) is 37.5 Å². The van der Waals surface area contributed by atoms with E-state index in [0.717, 1.165) is 18.4 Å². The second-order valence-corrected chi connectivity index (χ2v) is 4.76. The van der Waals surface area contributed by atoms with Gasteiger partial charge in [0.25, 0.3) is 0 Å². The number of benzene rings is 1. The van der Waals surface area contributed by atoms with Gasteiger partial charge in [-0.05, 0) is 42.9 Å². The average molecular weight is 221 g/mol. The molecule has 1 aromatic carbocycles. The molecule has 0 amide bonds. The fourth-order valence-corrected chi connectivity index (χ4v) is 2.85. The summed E-state index contributed by atoms with van der Waals surface area (Å²) in [5.41, 5.74) is 6.70. The van der Waals surface area contributed by atoms with Crippen molar-refractivity contribution in [1.29, 1.82) is 0 Å². The molecule has 2 rings (SSSR count). The molecule has 0 bridgehead atoms. The van der Waals surface area contributed by atoms with E-state index in [-0.39, 0.29) is 5.82 Å². The first-order valence-corrected chi connectivity index (χ1v) is 6.27. The lowest BCUT2D eigenvalue weighted by Crippen LogP contribution is -2.21. The zero-order valence-electron chi connectivity index (χ0n) is 9.66. The molecule has 0 spiro atoms. The third-order valence-corrected chi connectivity index (χ3v) is 3.77. The molecule has 2 heteroatoms. The third-order valence-electron chi connectivity index (χ3n) is 3.77. The molecule has 1 nitrogen and oxygen atoms in total. The first-order chi connectivity index (χ1) is 7.83. The maximum Gasteiger partial charge on any atom is 0.126 e. The molecule has 1 saturated carbocycles. The molecule has 16 heavy (non-hydrogen) atoms. The maximum absolute atomic E-state index is 13.8. The number of hydrogen-bond donors (Lipinski definition) is 1. The second-order valence-electron chi connectivity index (χ2n) is 4.76. The van der Waals surface area contributed by atoms with E-state index in [4.69, 9.17) is 5.73 Å². The summed E-state index contributed by atoms with van der Waals surface area (Å²) in [4.78, 5) is 0. The largest absolute Gasteiger partial charge is 0.330 e. The van der Waals surface area contributed by atoms with Crippen molar-refractivity contribution in [1.82, 2.24) is 0 Å². The van der Waals surface area contributed by atoms with Crippen LogP contribution in [0.1, 0.15) is 43.6 Å². The maximum atomic E-state index is 13.8. The predicted octanol–water partition coefficient (Wildman–Crippen LogP) is 3.45. The van der Waals surface area contributed by atoms with Crippen LogP contribution in [-0.4, -0.2) is 6.54 Å². The van der Waals surface area contributed by atoms with E-state index in [0.29, 0.717) is 18.4 Å². The number of rotatable bonds is 2. The first-order valence-electron chi connectivity index (χ1n) is 6.27. The monoisotopic (exact) mass is 221 g/mol. The van der Waals surface area contributed by atoms with E-state index in [1.54, 1.807) is 12.1 Å². The Morgan fingerprint density at radius 2 is 1.88 bits per heavy atom. The van der Waals surface area contributed by atoms with E-state index in [9.17, 15) is 4.39 Å². The number of halogens is 1. The molecule has 1 aliphatic carbocycles. The van der Waals surface area contributed by atoms with Gasteiger partial charge in [-0.25, -0.2) is 4.39 Å². The van der Waals surface area contributed by atoms with Gasteiger partial charge in [-0.2, -0.15) is 0 Å². The molecule has 1 fully saturated rings. The molecule has 0 heterocycles. The zero-order valence-corrected chi connectivity index (χ0v) is 9.66. The molecule has 2 N–H and O–H groups in total. The van der Waals surface area contributed by atoms with Gasteiger partial charge >= 0.3 is 0 Å². The van der Waals surface area contributed by atoms with Crippen LogP contribution in [0, 0.1) is 11.7 Å². The summed E-state index contributed by atoms with van der Waals surface area (Å²) < 4.78 is 13.8. The lowest BCUT2D eigenvalue weighted by Gasteiger charge is -2.24. The number of nitrogens with two attached hydrogens (primary N) is 1. The van der Waals surface area contributed by atoms with Gasteiger partial charge in [0.15, 0.2) is 0 Å². The van der Waals surface area contributed by atoms with E-state index >= 15 is 0 Å². The Labute approximate surface area is 96.9 Å². The summed E-state index contributed by atoms with van der Waals surface area (Å²) >= 11 is 0. The van der Waals surface area contributed by atoms with Crippen LogP contribution >= 0.6 is 0 Å². The fourth-order valence-electron chi connectivity index (χ4n) is 2.85. The van der Waals surface area contributed by atoms with Crippen LogP contribution in [0.4, 0.5) is 4.39 Å². The summed E-state index contributed by atoms with van der Waals surface area (Å²) in [7, 11) is 0. The lowest BCUT2D eigenvalue weighted by atomic mass is 9.82. The first kappa shape index (κ1) is 11.6. The molecular weight excluding hydrogens is 201 g/mol. The Morgan fingerprint density at radius 3 is 2.62 bits per heavy atom. The van der Waals surface area contributed by atoms with Crippen molar-refractivity contribution < 1.29 is 4.39 Å². The predicted molar refractivity (Wildman–Crippen MR) is 64.8 cm³/mol. The van der Waals surface area contributed by atoms with Crippen LogP contribution in [0.25, 0.3) is 0 Å². The van der Waals surface area contributed by atoms with Gasteiger partial charge in [0.2, 0.25) is 0 Å². The van der Waals surface area contributed by atoms with Gasteiger partial charge < -0.3 is 5.73 Å². The molecule has 0 aliphatic heterocycles. The van der Waals surface area contributed by atoms with Crippen molar-refractivity contribution in [2.24, 2.45) is 11.7 Å². The molecule has 1 aliphatic rings. The summed E-state index contributed by atoms with van der Waals surface area (Å²) in [6.45, 7) is 0.680. The van der Waals surface area contributed by atoms with Crippen molar-refractivity contribution in [2.45, 2.75) is 38.0 Å². The minimum atomic E-state index is -0.0622. The molecule has 2 unspecified atom stereocenters. The van der Waals surface area contributed by atoms with Crippen molar-refractivity contribution in [2.75, 3.05) is 6.54 Å². The fraction of sp³-hybridized carbons (Fsp3) is 0.571. The summed E-state index contributed by atoms with van der Waals surface area (Å²) in [6.07, 6.45) is 5.95. The minimum Gasteiger partial charge on any atom is -0.330 e. The molecule has 0 radical (unpaired) electrons. The highest BCUT2D eigenvalue weighted by atomic mass is 19.1. The van der Waals surface area contributed by atoms with E-state index in [2.05, 4.69) is 0 Å². The summed E-state index contributed by atoms with van der Waals surface area (Å²) in [6, 6.07) is 7.17. The molecule has 0 aromatic heterocycles. The van der Waals surface area contributed by atoms with Crippen molar-refractivity contribution >= 4 is 0 Å². The van der Waals surface area contributed by atoms with E-state index in [1.807, 2.05) is 12.1 Å². The van der Waals surface area contributed by atoms with Crippen LogP contribution in [0.15, 0.2) is 24.3 Å². The van der Waals surface area contributed by atoms with Gasteiger partial charge in [-0.15, -0.1) is 0 Å². The zero-order chi connectivity index (χ0) is 11.4. The minimum absolute atomic E-state index is 0.0622. The van der Waals surface area contributed by atoms with Gasteiger partial charge in [0.05, 0.1) is 0 Å². The van der Waals surface area contributed by atoms with E-state index in [1.165, 1.54) is 19.3 Å². The van der Waals surface area contributed by atoms with Crippen LogP contribution < -0.4 is 5.73 Å². The molecule has 1 aromatic rings. The van der Waals surface area contributed by atoms with Crippen molar-refractivity contribution in [3.05, 3.63) is 35.6 Å². The average Bonchev–Trinajstić information content (AvgIpc) is 2.54. The van der Waals surface area contributed by atoms with E-state index < -0.39 is 0 Å². The van der Waals surface area contributed by atoms with Crippen LogP contribution in [-0.2, 0) is 0 Å². The Kier molecular flexibility index (Phi) is 3.94. The SMILES string of the molecule is NCC1CCCCCC1c1ccccc1F. The summed E-state index contributed by atoms with van der Waals surface area (Å²) in [5.74, 6) is 0.723. The highest BCUT2D eigenvalue weighted by molar-refractivity contribution is 5.22. The third kappa shape index (κ3) is 2.43. The topological polar surface area (TPSA) is 26.0 Å². The lowest BCUT2D eigenvalue weighted by molar-refractivity contribution is 0.396. The van der Waals surface area contributed by atoms with Crippen LogP contribution in [0.5, 0.6) is 0 Å². The van der Waals surface area contributed by atoms with Gasteiger partial charge in [0.1, 0.15) is 5.82 Å². The Hall–Kier alpha value is -0.890. The highest BCUT2D eigenvalue weighted by Gasteiger charge is 2.25. The van der Waals surface area contributed by atoms with Gasteiger partial charge in [-0.3, -0.25) is 0 Å². The molecular formula is C14H20FN. The quantitative estimate of drug-likeness (QED) is 0.760. The Morgan fingerprint density at radius 1 is 1.12 bits per heavy atom. The van der Waals surface area contributed by atoms with Crippen LogP contribution in [0.3, 0.4) is 0 Å². The molecule has 0 saturated heterocycles. The highest BCUT2D eigenvalue weighted by Crippen LogP contribution is 2.36. The van der Waals surface area contributed by atoms with Crippen LogP contribution in [0.2, 0.25) is 0 Å². The molecule has 88 valence electrons. The van der Waals surface area contributed by atoms with Crippen molar-refractivity contribution in [3.63, 3.8) is 0 Å². The van der Waals surface area contributed by atoms with Crippen molar-refractivity contribution in [3.8, 4) is 0 Å². The van der Waals surface area contributed by atoms with Gasteiger partial charge in [0, 0.05) is 0 Å². The normalized spacial score (nSPS) is 26.4. The smallest absolute Gasteiger partial charge is 0.126 e. The molecule has 2 atom stereocenters. The Bertz CT molecular complexity index is 337. The summed E-state index contributed by atoms with van der Waals surface area (Å²) in [5, 5.41) is 0. The number of hydrogen-bond acceptors (Lipinski definition) is 1. The Balaban J connectivity index is 2.25. The standard InChI is InChI=1S/C14H20FN/c15-14-9-5-4-8-13(14)12-7-3-1-2-6-11(12)10-16/h4-5,8-9,11-12H,1-3,6-7,10,16H2. The second kappa shape index (κ2) is 5.44.